The summed E-state index contributed by atoms with van der Waals surface area (Å²) in [6, 6.07) is 7.65. The molecular weight excluding hydrogens is 525 g/mol. The quantitative estimate of drug-likeness (QED) is 0.320. The minimum Gasteiger partial charge on any atom is -0.492 e. The Kier molecular flexibility index (Phi) is 6.48. The third-order valence-corrected chi connectivity index (χ3v) is 6.95. The molecule has 0 spiro atoms. The van der Waals surface area contributed by atoms with Gasteiger partial charge in [-0.3, -0.25) is 14.9 Å². The van der Waals surface area contributed by atoms with Crippen LogP contribution >= 0.6 is 0 Å². The van der Waals surface area contributed by atoms with Crippen LogP contribution in [0.2, 0.25) is 0 Å². The molecular formula is C27H25F3N8O2. The van der Waals surface area contributed by atoms with E-state index in [0.29, 0.717) is 43.9 Å². The molecule has 0 atom stereocenters. The largest absolute Gasteiger partial charge is 0.492 e. The first-order valence-electron chi connectivity index (χ1n) is 12.8. The first-order valence-corrected chi connectivity index (χ1v) is 12.8. The minimum atomic E-state index is -4.65. The number of carbonyl (C=O) groups excluding carboxylic acids is 1. The van der Waals surface area contributed by atoms with Gasteiger partial charge in [-0.2, -0.15) is 18.3 Å². The number of ether oxygens (including phenoxy) is 1. The number of piperidine rings is 1. The fourth-order valence-corrected chi connectivity index (χ4v) is 5.06. The van der Waals surface area contributed by atoms with Gasteiger partial charge >= 0.3 is 6.18 Å². The third-order valence-electron chi connectivity index (χ3n) is 6.95. The monoisotopic (exact) mass is 550 g/mol. The maximum Gasteiger partial charge on any atom is 0.418 e. The highest BCUT2D eigenvalue weighted by Gasteiger charge is 2.36. The summed E-state index contributed by atoms with van der Waals surface area (Å²) in [4.78, 5) is 23.1. The number of aromatic nitrogens is 6. The van der Waals surface area contributed by atoms with Gasteiger partial charge < -0.3 is 15.0 Å². The van der Waals surface area contributed by atoms with E-state index in [-0.39, 0.29) is 6.04 Å². The van der Waals surface area contributed by atoms with Crippen LogP contribution in [0.4, 0.5) is 19.0 Å². The molecule has 1 aliphatic rings. The zero-order valence-electron chi connectivity index (χ0n) is 21.4. The van der Waals surface area contributed by atoms with Crippen molar-refractivity contribution >= 4 is 28.3 Å². The lowest BCUT2D eigenvalue weighted by atomic mass is 10.0. The number of halogens is 3. The fourth-order valence-electron chi connectivity index (χ4n) is 5.06. The number of alkyl halides is 3. The van der Waals surface area contributed by atoms with Crippen LogP contribution < -0.4 is 15.0 Å². The Bertz CT molecular complexity index is 1670. The summed E-state index contributed by atoms with van der Waals surface area (Å²) >= 11 is 0. The summed E-state index contributed by atoms with van der Waals surface area (Å²) in [7, 11) is 0. The van der Waals surface area contributed by atoms with E-state index in [4.69, 9.17) is 9.72 Å². The predicted octanol–water partition coefficient (Wildman–Crippen LogP) is 4.48. The molecule has 1 fully saturated rings. The number of hydrogen-bond donors (Lipinski definition) is 2. The van der Waals surface area contributed by atoms with Crippen LogP contribution in [0.5, 0.6) is 5.75 Å². The van der Waals surface area contributed by atoms with E-state index in [1.54, 1.807) is 16.9 Å². The van der Waals surface area contributed by atoms with Gasteiger partial charge in [-0.05, 0) is 50.1 Å². The highest BCUT2D eigenvalue weighted by atomic mass is 19.4. The van der Waals surface area contributed by atoms with E-state index in [1.165, 1.54) is 12.3 Å². The molecule has 0 unspecified atom stereocenters. The van der Waals surface area contributed by atoms with Crippen LogP contribution in [-0.2, 0) is 6.18 Å². The lowest BCUT2D eigenvalue weighted by Crippen LogP contribution is -2.45. The molecule has 2 N–H and O–H groups in total. The van der Waals surface area contributed by atoms with E-state index >= 15 is 0 Å². The van der Waals surface area contributed by atoms with Gasteiger partial charge in [0.25, 0.3) is 5.91 Å². The molecule has 0 saturated carbocycles. The van der Waals surface area contributed by atoms with Crippen LogP contribution in [0, 0.1) is 0 Å². The Morgan fingerprint density at radius 2 is 2.00 bits per heavy atom. The lowest BCUT2D eigenvalue weighted by molar-refractivity contribution is -0.138. The number of nitrogens with zero attached hydrogens (tertiary/aromatic N) is 6. The van der Waals surface area contributed by atoms with Crippen LogP contribution in [0.25, 0.3) is 27.7 Å². The summed E-state index contributed by atoms with van der Waals surface area (Å²) in [6.45, 7) is 3.62. The SMILES string of the molecule is CCOc1cc(-c2ccc(N3CCC(NC(=O)c4ncccc4C(F)(F)F)CC3)nc2)c2c3cn[nH]c3nn2c1. The third kappa shape index (κ3) is 4.78. The Hall–Kier alpha value is -4.68. The molecule has 10 nitrogen and oxygen atoms in total. The second-order valence-electron chi connectivity index (χ2n) is 9.49. The smallest absolute Gasteiger partial charge is 0.418 e. The van der Waals surface area contributed by atoms with E-state index in [2.05, 4.69) is 30.5 Å². The topological polar surface area (TPSA) is 113 Å². The second kappa shape index (κ2) is 10.1. The highest BCUT2D eigenvalue weighted by molar-refractivity contribution is 6.01. The lowest BCUT2D eigenvalue weighted by Gasteiger charge is -2.33. The molecule has 6 heterocycles. The minimum absolute atomic E-state index is 0.264. The molecule has 1 amide bonds. The molecule has 206 valence electrons. The van der Waals surface area contributed by atoms with E-state index in [0.717, 1.165) is 33.9 Å². The molecule has 5 aromatic rings. The van der Waals surface area contributed by atoms with Crippen molar-refractivity contribution in [3.63, 3.8) is 0 Å². The van der Waals surface area contributed by atoms with Crippen molar-refractivity contribution < 1.29 is 22.7 Å². The van der Waals surface area contributed by atoms with Crippen LogP contribution in [0.15, 0.2) is 55.1 Å². The van der Waals surface area contributed by atoms with Crippen molar-refractivity contribution in [3.8, 4) is 16.9 Å². The van der Waals surface area contributed by atoms with Gasteiger partial charge in [-0.15, -0.1) is 5.10 Å². The molecule has 0 aromatic carbocycles. The molecule has 40 heavy (non-hydrogen) atoms. The Morgan fingerprint density at radius 1 is 1.18 bits per heavy atom. The Balaban J connectivity index is 1.16. The van der Waals surface area contributed by atoms with Crippen LogP contribution in [-0.4, -0.2) is 61.4 Å². The van der Waals surface area contributed by atoms with E-state index in [1.807, 2.05) is 31.3 Å². The number of pyridine rings is 3. The molecule has 1 aliphatic heterocycles. The average Bonchev–Trinajstić information content (AvgIpc) is 3.54. The van der Waals surface area contributed by atoms with Crippen molar-refractivity contribution in [3.05, 3.63) is 66.4 Å². The molecule has 1 saturated heterocycles. The highest BCUT2D eigenvalue weighted by Crippen LogP contribution is 2.34. The zero-order chi connectivity index (χ0) is 27.9. The maximum atomic E-state index is 13.3. The van der Waals surface area contributed by atoms with Gasteiger partial charge in [0.1, 0.15) is 17.3 Å². The first-order chi connectivity index (χ1) is 19.3. The molecule has 13 heteroatoms. The van der Waals surface area contributed by atoms with Gasteiger partial charge in [0.05, 0.1) is 35.5 Å². The number of hydrogen-bond acceptors (Lipinski definition) is 7. The fraction of sp³-hybridized carbons (Fsp3) is 0.296. The number of anilines is 1. The van der Waals surface area contributed by atoms with Gasteiger partial charge in [-0.25, -0.2) is 9.50 Å². The van der Waals surface area contributed by atoms with Gasteiger partial charge in [-0.1, -0.05) is 0 Å². The summed E-state index contributed by atoms with van der Waals surface area (Å²) in [5, 5.41) is 15.2. The Morgan fingerprint density at radius 3 is 2.73 bits per heavy atom. The maximum absolute atomic E-state index is 13.3. The van der Waals surface area contributed by atoms with Crippen LogP contribution in [0.3, 0.4) is 0 Å². The molecule has 5 aromatic heterocycles. The van der Waals surface area contributed by atoms with Crippen LogP contribution in [0.1, 0.15) is 35.8 Å². The summed E-state index contributed by atoms with van der Waals surface area (Å²) in [5.41, 5.74) is 1.71. The molecule has 0 aliphatic carbocycles. The van der Waals surface area contributed by atoms with Crippen molar-refractivity contribution in [2.45, 2.75) is 32.0 Å². The average molecular weight is 551 g/mol. The standard InChI is InChI=1S/C27H25F3N8O2/c1-2-40-18-12-19(24-20-14-33-35-25(20)36-38(24)15-18)16-5-6-22(32-13-16)37-10-7-17(8-11-37)34-26(39)23-21(27(28,29)30)4-3-9-31-23/h3-6,9,12-15,17H,2,7-8,10-11H2,1H3,(H,34,39)(H,35,36). The number of H-pyrrole nitrogens is 1. The second-order valence-corrected chi connectivity index (χ2v) is 9.49. The van der Waals surface area contributed by atoms with Crippen molar-refractivity contribution in [2.24, 2.45) is 0 Å². The summed E-state index contributed by atoms with van der Waals surface area (Å²) in [5.74, 6) is 0.641. The first kappa shape index (κ1) is 25.6. The number of carbonyl (C=O) groups is 1. The normalized spacial score (nSPS) is 14.7. The number of amides is 1. The Labute approximate surface area is 226 Å². The number of nitrogens with one attached hydrogen (secondary N) is 2. The number of aromatic amines is 1. The zero-order valence-corrected chi connectivity index (χ0v) is 21.4. The van der Waals surface area contributed by atoms with Crippen molar-refractivity contribution in [1.82, 2.24) is 35.1 Å². The summed E-state index contributed by atoms with van der Waals surface area (Å²) < 4.78 is 47.4. The van der Waals surface area contributed by atoms with Gasteiger partial charge in [0.15, 0.2) is 5.65 Å². The van der Waals surface area contributed by atoms with Crippen molar-refractivity contribution in [2.75, 3.05) is 24.6 Å². The van der Waals surface area contributed by atoms with Gasteiger partial charge in [0, 0.05) is 42.7 Å². The predicted molar refractivity (Wildman–Crippen MR) is 141 cm³/mol. The van der Waals surface area contributed by atoms with E-state index < -0.39 is 23.3 Å². The summed E-state index contributed by atoms with van der Waals surface area (Å²) in [6.07, 6.45) is 3.03. The molecule has 6 rings (SSSR count). The number of fused-ring (bicyclic) bond motifs is 3. The van der Waals surface area contributed by atoms with E-state index in [9.17, 15) is 18.0 Å². The molecule has 0 bridgehead atoms. The van der Waals surface area contributed by atoms with Gasteiger partial charge in [0.2, 0.25) is 0 Å². The molecule has 0 radical (unpaired) electrons. The number of rotatable bonds is 6. The van der Waals surface area contributed by atoms with Crippen molar-refractivity contribution in [1.29, 1.82) is 0 Å².